The maximum atomic E-state index is 11.6. The summed E-state index contributed by atoms with van der Waals surface area (Å²) in [4.78, 5) is 11.6. The Labute approximate surface area is 96.4 Å². The van der Waals surface area contributed by atoms with Crippen LogP contribution >= 0.6 is 0 Å². The topological polar surface area (TPSA) is 35.5 Å². The molecule has 0 aromatic heterocycles. The third kappa shape index (κ3) is 4.03. The van der Waals surface area contributed by atoms with Gasteiger partial charge in [-0.15, -0.1) is 0 Å². The van der Waals surface area contributed by atoms with Gasteiger partial charge in [-0.05, 0) is 12.5 Å². The molecule has 0 atom stereocenters. The fourth-order valence-electron chi connectivity index (χ4n) is 1.44. The summed E-state index contributed by atoms with van der Waals surface area (Å²) in [5, 5.41) is 0. The van der Waals surface area contributed by atoms with E-state index in [1.54, 1.807) is 7.11 Å². The van der Waals surface area contributed by atoms with Gasteiger partial charge in [0.05, 0.1) is 7.11 Å². The van der Waals surface area contributed by atoms with Crippen LogP contribution in [-0.2, 0) is 16.0 Å². The number of ketones is 1. The van der Waals surface area contributed by atoms with Crippen LogP contribution in [0.3, 0.4) is 0 Å². The van der Waals surface area contributed by atoms with E-state index < -0.39 is 0 Å². The van der Waals surface area contributed by atoms with E-state index >= 15 is 0 Å². The predicted octanol–water partition coefficient (Wildman–Crippen LogP) is 2.23. The first-order valence-electron chi connectivity index (χ1n) is 5.49. The van der Waals surface area contributed by atoms with Crippen LogP contribution in [0, 0.1) is 0 Å². The Balaban J connectivity index is 2.49. The predicted molar refractivity (Wildman–Crippen MR) is 62.8 cm³/mol. The van der Waals surface area contributed by atoms with Gasteiger partial charge in [0.15, 0.2) is 5.78 Å². The Kier molecular flexibility index (Phi) is 5.57. The number of Topliss-reactive ketones (excluding diaryl/α,β-unsaturated/α-hetero) is 1. The van der Waals surface area contributed by atoms with Crippen molar-refractivity contribution in [2.75, 3.05) is 20.3 Å². The van der Waals surface area contributed by atoms with Crippen molar-refractivity contribution in [2.24, 2.45) is 0 Å². The average molecular weight is 222 g/mol. The van der Waals surface area contributed by atoms with Crippen molar-refractivity contribution in [1.82, 2.24) is 0 Å². The molecule has 0 unspecified atom stereocenters. The number of benzene rings is 1. The van der Waals surface area contributed by atoms with Gasteiger partial charge in [-0.25, -0.2) is 0 Å². The van der Waals surface area contributed by atoms with Crippen molar-refractivity contribution in [1.29, 1.82) is 0 Å². The maximum absolute atomic E-state index is 11.6. The van der Waals surface area contributed by atoms with Gasteiger partial charge in [-0.1, -0.05) is 25.1 Å². The first kappa shape index (κ1) is 12.7. The molecule has 0 amide bonds. The lowest BCUT2D eigenvalue weighted by molar-refractivity contribution is -0.122. The number of rotatable bonds is 7. The zero-order valence-corrected chi connectivity index (χ0v) is 9.86. The number of methoxy groups -OCH3 is 1. The third-order valence-corrected chi connectivity index (χ3v) is 2.19. The Bertz CT molecular complexity index is 334. The van der Waals surface area contributed by atoms with Crippen LogP contribution in [0.2, 0.25) is 0 Å². The fourth-order valence-corrected chi connectivity index (χ4v) is 1.44. The lowest BCUT2D eigenvalue weighted by Gasteiger charge is -2.07. The molecule has 0 aliphatic carbocycles. The van der Waals surface area contributed by atoms with Crippen LogP contribution in [0.4, 0.5) is 0 Å². The highest BCUT2D eigenvalue weighted by atomic mass is 16.5. The largest absolute Gasteiger partial charge is 0.496 e. The zero-order valence-electron chi connectivity index (χ0n) is 9.86. The molecular formula is C13H18O3. The molecule has 0 heterocycles. The zero-order chi connectivity index (χ0) is 11.8. The molecule has 0 N–H and O–H groups in total. The summed E-state index contributed by atoms with van der Waals surface area (Å²) in [5.41, 5.74) is 0.912. The molecule has 0 saturated carbocycles. The van der Waals surface area contributed by atoms with Crippen LogP contribution < -0.4 is 4.74 Å². The van der Waals surface area contributed by atoms with Crippen LogP contribution in [0.15, 0.2) is 24.3 Å². The number of para-hydroxylation sites is 1. The molecule has 0 saturated heterocycles. The SMILES string of the molecule is CCCOCC(=O)Cc1ccccc1OC. The number of carbonyl (C=O) groups excluding carboxylic acids is 1. The number of hydrogen-bond acceptors (Lipinski definition) is 3. The summed E-state index contributed by atoms with van der Waals surface area (Å²) in [6.45, 7) is 2.84. The Morgan fingerprint density at radius 1 is 1.31 bits per heavy atom. The smallest absolute Gasteiger partial charge is 0.162 e. The van der Waals surface area contributed by atoms with Gasteiger partial charge in [0, 0.05) is 18.6 Å². The molecule has 1 aromatic rings. The van der Waals surface area contributed by atoms with Gasteiger partial charge in [-0.2, -0.15) is 0 Å². The number of hydrogen-bond donors (Lipinski definition) is 0. The van der Waals surface area contributed by atoms with E-state index in [1.807, 2.05) is 31.2 Å². The van der Waals surface area contributed by atoms with Crippen molar-refractivity contribution in [3.05, 3.63) is 29.8 Å². The second-order valence-corrected chi connectivity index (χ2v) is 3.58. The first-order chi connectivity index (χ1) is 7.77. The molecule has 88 valence electrons. The fraction of sp³-hybridized carbons (Fsp3) is 0.462. The summed E-state index contributed by atoms with van der Waals surface area (Å²) >= 11 is 0. The normalized spacial score (nSPS) is 10.1. The van der Waals surface area contributed by atoms with Gasteiger partial charge < -0.3 is 9.47 Å². The minimum absolute atomic E-state index is 0.0814. The molecule has 0 aliphatic rings. The molecule has 1 rings (SSSR count). The second-order valence-electron chi connectivity index (χ2n) is 3.58. The summed E-state index contributed by atoms with van der Waals surface area (Å²) in [5.74, 6) is 0.837. The lowest BCUT2D eigenvalue weighted by Crippen LogP contribution is -2.12. The van der Waals surface area contributed by atoms with E-state index in [0.717, 1.165) is 17.7 Å². The maximum Gasteiger partial charge on any atom is 0.162 e. The van der Waals surface area contributed by atoms with Gasteiger partial charge in [0.2, 0.25) is 0 Å². The van der Waals surface area contributed by atoms with E-state index in [0.29, 0.717) is 13.0 Å². The van der Waals surface area contributed by atoms with E-state index in [1.165, 1.54) is 0 Å². The second kappa shape index (κ2) is 7.01. The van der Waals surface area contributed by atoms with E-state index in [-0.39, 0.29) is 12.4 Å². The molecule has 16 heavy (non-hydrogen) atoms. The minimum Gasteiger partial charge on any atom is -0.496 e. The molecule has 3 heteroatoms. The van der Waals surface area contributed by atoms with E-state index in [4.69, 9.17) is 9.47 Å². The standard InChI is InChI=1S/C13H18O3/c1-3-8-16-10-12(14)9-11-6-4-5-7-13(11)15-2/h4-7H,3,8-10H2,1-2H3. The van der Waals surface area contributed by atoms with Gasteiger partial charge in [0.25, 0.3) is 0 Å². The van der Waals surface area contributed by atoms with E-state index in [9.17, 15) is 4.79 Å². The summed E-state index contributed by atoms with van der Waals surface area (Å²) < 4.78 is 10.4. The summed E-state index contributed by atoms with van der Waals surface area (Å²) in [7, 11) is 1.61. The first-order valence-corrected chi connectivity index (χ1v) is 5.49. The molecule has 0 bridgehead atoms. The molecule has 0 fully saturated rings. The average Bonchev–Trinajstić information content (AvgIpc) is 2.30. The highest BCUT2D eigenvalue weighted by molar-refractivity contribution is 5.82. The van der Waals surface area contributed by atoms with Crippen molar-refractivity contribution < 1.29 is 14.3 Å². The number of carbonyl (C=O) groups is 1. The quantitative estimate of drug-likeness (QED) is 0.664. The molecule has 0 spiro atoms. The Morgan fingerprint density at radius 3 is 2.75 bits per heavy atom. The molecule has 1 aromatic carbocycles. The monoisotopic (exact) mass is 222 g/mol. The Morgan fingerprint density at radius 2 is 2.06 bits per heavy atom. The van der Waals surface area contributed by atoms with Gasteiger partial charge in [0.1, 0.15) is 12.4 Å². The van der Waals surface area contributed by atoms with Crippen LogP contribution in [0.25, 0.3) is 0 Å². The van der Waals surface area contributed by atoms with Gasteiger partial charge in [-0.3, -0.25) is 4.79 Å². The van der Waals surface area contributed by atoms with Crippen molar-refractivity contribution >= 4 is 5.78 Å². The van der Waals surface area contributed by atoms with Crippen LogP contribution in [0.5, 0.6) is 5.75 Å². The van der Waals surface area contributed by atoms with Crippen LogP contribution in [0.1, 0.15) is 18.9 Å². The summed E-state index contributed by atoms with van der Waals surface area (Å²) in [6, 6.07) is 7.55. The molecule has 0 radical (unpaired) electrons. The highest BCUT2D eigenvalue weighted by Gasteiger charge is 2.07. The van der Waals surface area contributed by atoms with E-state index in [2.05, 4.69) is 0 Å². The van der Waals surface area contributed by atoms with Crippen molar-refractivity contribution in [3.8, 4) is 5.75 Å². The third-order valence-electron chi connectivity index (χ3n) is 2.19. The highest BCUT2D eigenvalue weighted by Crippen LogP contribution is 2.17. The molecular weight excluding hydrogens is 204 g/mol. The van der Waals surface area contributed by atoms with Crippen molar-refractivity contribution in [3.63, 3.8) is 0 Å². The van der Waals surface area contributed by atoms with Crippen LogP contribution in [-0.4, -0.2) is 26.1 Å². The summed E-state index contributed by atoms with van der Waals surface area (Å²) in [6.07, 6.45) is 1.30. The Hall–Kier alpha value is -1.35. The molecule has 0 aliphatic heterocycles. The van der Waals surface area contributed by atoms with Gasteiger partial charge >= 0.3 is 0 Å². The minimum atomic E-state index is 0.0814. The number of ether oxygens (including phenoxy) is 2. The molecule has 3 nitrogen and oxygen atoms in total. The lowest BCUT2D eigenvalue weighted by atomic mass is 10.1. The van der Waals surface area contributed by atoms with Crippen molar-refractivity contribution in [2.45, 2.75) is 19.8 Å².